The van der Waals surface area contributed by atoms with Crippen LogP contribution in [-0.2, 0) is 9.59 Å². The van der Waals surface area contributed by atoms with Crippen molar-refractivity contribution < 1.29 is 30.0 Å². The van der Waals surface area contributed by atoms with Crippen LogP contribution < -0.4 is 0 Å². The molecule has 0 bridgehead atoms. The van der Waals surface area contributed by atoms with Crippen molar-refractivity contribution in [2.24, 2.45) is 0 Å². The summed E-state index contributed by atoms with van der Waals surface area (Å²) in [5.74, 6) is -3.54. The number of nitrogens with zero attached hydrogens (tertiary/aromatic N) is 2. The molecular formula is C12H12N2O6. The van der Waals surface area contributed by atoms with Gasteiger partial charge in [-0.1, -0.05) is 12.1 Å². The summed E-state index contributed by atoms with van der Waals surface area (Å²) >= 11 is 0. The summed E-state index contributed by atoms with van der Waals surface area (Å²) in [6.45, 7) is 0. The van der Waals surface area contributed by atoms with Crippen molar-refractivity contribution in [3.05, 3.63) is 36.7 Å². The zero-order valence-corrected chi connectivity index (χ0v) is 10.1. The first-order valence-corrected chi connectivity index (χ1v) is 5.41. The molecule has 2 rings (SSSR count). The van der Waals surface area contributed by atoms with Crippen LogP contribution in [0.4, 0.5) is 0 Å². The number of aromatic nitrogens is 2. The van der Waals surface area contributed by atoms with Crippen molar-refractivity contribution in [3.63, 3.8) is 0 Å². The van der Waals surface area contributed by atoms with Crippen LogP contribution in [0.5, 0.6) is 0 Å². The molecular weight excluding hydrogens is 268 g/mol. The molecule has 0 amide bonds. The van der Waals surface area contributed by atoms with Gasteiger partial charge in [-0.2, -0.15) is 0 Å². The molecule has 0 fully saturated rings. The summed E-state index contributed by atoms with van der Waals surface area (Å²) < 4.78 is 0. The number of para-hydroxylation sites is 2. The SMILES string of the molecule is O=C(O)[C@@H](O)[C@H](O)C(=O)O.c1ccc2nccnc2c1. The van der Waals surface area contributed by atoms with Crippen LogP contribution in [0.2, 0.25) is 0 Å². The number of aliphatic carboxylic acids is 2. The van der Waals surface area contributed by atoms with Crippen LogP contribution in [-0.4, -0.2) is 54.5 Å². The third kappa shape index (κ3) is 4.26. The van der Waals surface area contributed by atoms with Gasteiger partial charge in [-0.3, -0.25) is 9.97 Å². The highest BCUT2D eigenvalue weighted by atomic mass is 16.4. The molecule has 0 radical (unpaired) electrons. The predicted molar refractivity (Wildman–Crippen MR) is 66.8 cm³/mol. The van der Waals surface area contributed by atoms with E-state index in [4.69, 9.17) is 20.4 Å². The Hall–Kier alpha value is -2.58. The number of carbonyl (C=O) groups is 2. The number of hydrogen-bond donors (Lipinski definition) is 4. The van der Waals surface area contributed by atoms with Crippen LogP contribution in [0.15, 0.2) is 36.7 Å². The summed E-state index contributed by atoms with van der Waals surface area (Å²) in [7, 11) is 0. The summed E-state index contributed by atoms with van der Waals surface area (Å²) in [4.78, 5) is 27.8. The van der Waals surface area contributed by atoms with Gasteiger partial charge >= 0.3 is 11.9 Å². The monoisotopic (exact) mass is 280 g/mol. The van der Waals surface area contributed by atoms with Crippen molar-refractivity contribution in [3.8, 4) is 0 Å². The van der Waals surface area contributed by atoms with E-state index in [0.29, 0.717) is 0 Å². The molecule has 8 heteroatoms. The van der Waals surface area contributed by atoms with Gasteiger partial charge in [-0.05, 0) is 12.1 Å². The maximum absolute atomic E-state index is 9.77. The Morgan fingerprint density at radius 1 is 0.850 bits per heavy atom. The summed E-state index contributed by atoms with van der Waals surface area (Å²) in [5, 5.41) is 32.5. The molecule has 0 aliphatic carbocycles. The van der Waals surface area contributed by atoms with Crippen LogP contribution in [0.3, 0.4) is 0 Å². The van der Waals surface area contributed by atoms with Crippen LogP contribution in [0.1, 0.15) is 0 Å². The van der Waals surface area contributed by atoms with Crippen molar-refractivity contribution >= 4 is 23.0 Å². The molecule has 0 saturated heterocycles. The molecule has 0 saturated carbocycles. The van der Waals surface area contributed by atoms with Gasteiger partial charge < -0.3 is 20.4 Å². The third-order valence-electron chi connectivity index (χ3n) is 2.18. The molecule has 0 unspecified atom stereocenters. The van der Waals surface area contributed by atoms with Crippen molar-refractivity contribution in [2.45, 2.75) is 12.2 Å². The van der Waals surface area contributed by atoms with Gasteiger partial charge in [-0.15, -0.1) is 0 Å². The number of fused-ring (bicyclic) bond motifs is 1. The Labute approximate surface area is 113 Å². The lowest BCUT2D eigenvalue weighted by molar-refractivity contribution is -0.165. The molecule has 106 valence electrons. The van der Waals surface area contributed by atoms with Gasteiger partial charge in [0.15, 0.2) is 12.2 Å². The molecule has 0 spiro atoms. The van der Waals surface area contributed by atoms with E-state index >= 15 is 0 Å². The van der Waals surface area contributed by atoms with E-state index in [1.165, 1.54) is 0 Å². The minimum Gasteiger partial charge on any atom is -0.479 e. The Morgan fingerprint density at radius 2 is 1.20 bits per heavy atom. The van der Waals surface area contributed by atoms with E-state index in [0.717, 1.165) is 11.0 Å². The lowest BCUT2D eigenvalue weighted by Crippen LogP contribution is -2.39. The second kappa shape index (κ2) is 7.12. The number of carboxylic acid groups (broad SMARTS) is 2. The standard InChI is InChI=1S/C8H6N2.C4H6O6/c1-2-4-8-7(3-1)9-5-6-10-8;5-1(3(7)8)2(6)4(9)10/h1-6H;1-2,5-6H,(H,7,8)(H,9,10)/t;1-,2-/m.0/s1. The van der Waals surface area contributed by atoms with Gasteiger partial charge in [-0.25, -0.2) is 9.59 Å². The Morgan fingerprint density at radius 3 is 1.50 bits per heavy atom. The maximum atomic E-state index is 9.77. The molecule has 1 aromatic carbocycles. The molecule has 0 aliphatic heterocycles. The Bertz CT molecular complexity index is 520. The topological polar surface area (TPSA) is 141 Å². The first-order valence-electron chi connectivity index (χ1n) is 5.41. The zero-order valence-electron chi connectivity index (χ0n) is 10.1. The van der Waals surface area contributed by atoms with Gasteiger partial charge in [0, 0.05) is 12.4 Å². The normalized spacial score (nSPS) is 12.9. The molecule has 8 nitrogen and oxygen atoms in total. The van der Waals surface area contributed by atoms with Gasteiger partial charge in [0.1, 0.15) is 0 Å². The number of hydrogen-bond acceptors (Lipinski definition) is 6. The van der Waals surface area contributed by atoms with Crippen molar-refractivity contribution in [2.75, 3.05) is 0 Å². The highest BCUT2D eigenvalue weighted by Gasteiger charge is 2.29. The number of aliphatic hydroxyl groups is 2. The summed E-state index contributed by atoms with van der Waals surface area (Å²) in [5.41, 5.74) is 1.90. The zero-order chi connectivity index (χ0) is 15.1. The van der Waals surface area contributed by atoms with Gasteiger partial charge in [0.2, 0.25) is 0 Å². The van der Waals surface area contributed by atoms with Gasteiger partial charge in [0.05, 0.1) is 11.0 Å². The fourth-order valence-electron chi connectivity index (χ4n) is 1.18. The highest BCUT2D eigenvalue weighted by Crippen LogP contribution is 2.04. The van der Waals surface area contributed by atoms with Crippen molar-refractivity contribution in [1.29, 1.82) is 0 Å². The molecule has 20 heavy (non-hydrogen) atoms. The first kappa shape index (κ1) is 15.5. The molecule has 1 aromatic heterocycles. The summed E-state index contributed by atoms with van der Waals surface area (Å²) in [6.07, 6.45) is -1.14. The molecule has 2 atom stereocenters. The minimum atomic E-state index is -2.27. The van der Waals surface area contributed by atoms with Crippen molar-refractivity contribution in [1.82, 2.24) is 9.97 Å². The molecule has 4 N–H and O–H groups in total. The number of benzene rings is 1. The fourth-order valence-corrected chi connectivity index (χ4v) is 1.18. The van der Waals surface area contributed by atoms with E-state index in [1.54, 1.807) is 12.4 Å². The fraction of sp³-hybridized carbons (Fsp3) is 0.167. The average Bonchev–Trinajstić information content (AvgIpc) is 2.46. The van der Waals surface area contributed by atoms with Gasteiger partial charge in [0.25, 0.3) is 0 Å². The molecule has 0 aliphatic rings. The Kier molecular flexibility index (Phi) is 5.51. The lowest BCUT2D eigenvalue weighted by atomic mass is 10.2. The average molecular weight is 280 g/mol. The third-order valence-corrected chi connectivity index (χ3v) is 2.18. The number of aliphatic hydroxyl groups excluding tert-OH is 2. The second-order valence-corrected chi connectivity index (χ2v) is 3.61. The van der Waals surface area contributed by atoms with E-state index in [1.807, 2.05) is 24.3 Å². The first-order chi connectivity index (χ1) is 9.43. The van der Waals surface area contributed by atoms with Crippen LogP contribution in [0, 0.1) is 0 Å². The Balaban J connectivity index is 0.000000200. The van der Waals surface area contributed by atoms with E-state index < -0.39 is 24.1 Å². The number of carboxylic acids is 2. The largest absolute Gasteiger partial charge is 0.479 e. The highest BCUT2D eigenvalue weighted by molar-refractivity contribution is 5.83. The maximum Gasteiger partial charge on any atom is 0.335 e. The predicted octanol–water partition coefficient (Wildman–Crippen LogP) is -0.493. The second-order valence-electron chi connectivity index (χ2n) is 3.61. The number of rotatable bonds is 3. The van der Waals surface area contributed by atoms with E-state index in [-0.39, 0.29) is 0 Å². The summed E-state index contributed by atoms with van der Waals surface area (Å²) in [6, 6.07) is 7.80. The van der Waals surface area contributed by atoms with E-state index in [2.05, 4.69) is 9.97 Å². The van der Waals surface area contributed by atoms with E-state index in [9.17, 15) is 9.59 Å². The molecule has 2 aromatic rings. The molecule has 1 heterocycles. The smallest absolute Gasteiger partial charge is 0.335 e. The minimum absolute atomic E-state index is 0.949. The quantitative estimate of drug-likeness (QED) is 0.590. The van der Waals surface area contributed by atoms with Crippen LogP contribution in [0.25, 0.3) is 11.0 Å². The van der Waals surface area contributed by atoms with Crippen LogP contribution >= 0.6 is 0 Å². The lowest BCUT2D eigenvalue weighted by Gasteiger charge is -2.07.